The minimum Gasteiger partial charge on any atom is -0.456 e. The molecule has 0 aliphatic heterocycles. The number of esters is 2. The van der Waals surface area contributed by atoms with Crippen LogP contribution in [0.1, 0.15) is 41.4 Å². The maximum absolute atomic E-state index is 14.3. The lowest BCUT2D eigenvalue weighted by molar-refractivity contribution is -0.453. The Labute approximate surface area is 264 Å². The number of halogens is 15. The van der Waals surface area contributed by atoms with Gasteiger partial charge in [-0.25, -0.2) is 9.59 Å². The van der Waals surface area contributed by atoms with E-state index in [1.807, 2.05) is 0 Å². The quantitative estimate of drug-likeness (QED) is 0.0834. The Bertz CT molecular complexity index is 1510. The molecule has 2 aromatic carbocycles. The number of hydrogen-bond donors (Lipinski definition) is 0. The summed E-state index contributed by atoms with van der Waals surface area (Å²) in [5, 5.41) is 10.8. The summed E-state index contributed by atoms with van der Waals surface area (Å²) in [6.45, 7) is 0.111. The van der Waals surface area contributed by atoms with Crippen LogP contribution in [0.25, 0.3) is 0 Å². The number of non-ortho nitro benzene ring substituents is 1. The maximum atomic E-state index is 14.3. The number of rotatable bonds is 14. The molecule has 0 heterocycles. The molecule has 49 heavy (non-hydrogen) atoms. The number of carbonyl (C=O) groups excluding carboxylic acids is 2. The molecule has 0 amide bonds. The zero-order valence-corrected chi connectivity index (χ0v) is 24.3. The molecule has 22 heteroatoms. The molecule has 0 saturated carbocycles. The third-order valence-corrected chi connectivity index (χ3v) is 6.47. The summed E-state index contributed by atoms with van der Waals surface area (Å²) in [6, 6.07) is 7.60. The third kappa shape index (κ3) is 7.66. The molecule has 2 aromatic rings. The monoisotopic (exact) mass is 739 g/mol. The molecule has 0 aromatic heterocycles. The fourth-order valence-electron chi connectivity index (χ4n) is 3.77. The first-order valence-corrected chi connectivity index (χ1v) is 13.0. The molecule has 7 nitrogen and oxygen atoms in total. The number of hydrogen-bond acceptors (Lipinski definition) is 6. The Morgan fingerprint density at radius 1 is 0.694 bits per heavy atom. The first kappa shape index (κ1) is 40.9. The van der Waals surface area contributed by atoms with E-state index in [0.717, 1.165) is 36.4 Å². The highest BCUT2D eigenvalue weighted by molar-refractivity contribution is 5.92. The molecule has 0 fully saturated rings. The highest BCUT2D eigenvalue weighted by atomic mass is 19.4. The smallest absolute Gasteiger partial charge is 0.456 e. The molecule has 0 spiro atoms. The highest BCUT2D eigenvalue weighted by Crippen LogP contribution is 2.62. The number of nitro groups is 1. The Kier molecular flexibility index (Phi) is 11.3. The minimum absolute atomic E-state index is 0.0422. The van der Waals surface area contributed by atoms with Crippen LogP contribution in [-0.2, 0) is 20.7 Å². The zero-order chi connectivity index (χ0) is 38.2. The molecule has 1 atom stereocenters. The van der Waals surface area contributed by atoms with Crippen LogP contribution in [-0.4, -0.2) is 65.2 Å². The van der Waals surface area contributed by atoms with Gasteiger partial charge in [-0.3, -0.25) is 10.1 Å². The van der Waals surface area contributed by atoms with Crippen molar-refractivity contribution < 1.29 is 89.8 Å². The summed E-state index contributed by atoms with van der Waals surface area (Å²) < 4.78 is 211. The standard InChI is InChI=1S/C27H20F15NO6/c1-13(2)11-14-3-5-15(6-4-14)18(49-19(44)16-7-9-17(10-8-16)43(46)47)20(45)48-12-21(28,29)22(30,31)23(32,33)24(34,35)25(36,37)26(38,39)27(40,41)42/h3-10,13,18H,11-12H2,1-2H3. The summed E-state index contributed by atoms with van der Waals surface area (Å²) in [5.74, 6) is -52.2. The van der Waals surface area contributed by atoms with Crippen molar-refractivity contribution in [1.29, 1.82) is 0 Å². The van der Waals surface area contributed by atoms with Gasteiger partial charge in [0.1, 0.15) is 0 Å². The molecular formula is C27H20F15NO6. The Hall–Kier alpha value is -4.27. The zero-order valence-electron chi connectivity index (χ0n) is 24.3. The van der Waals surface area contributed by atoms with Crippen molar-refractivity contribution in [3.05, 3.63) is 75.3 Å². The van der Waals surface area contributed by atoms with Crippen molar-refractivity contribution in [2.45, 2.75) is 68.1 Å². The van der Waals surface area contributed by atoms with E-state index in [0.29, 0.717) is 12.0 Å². The second kappa shape index (κ2) is 13.6. The van der Waals surface area contributed by atoms with Crippen LogP contribution in [0.2, 0.25) is 0 Å². The van der Waals surface area contributed by atoms with E-state index >= 15 is 0 Å². The molecule has 2 rings (SSSR count). The van der Waals surface area contributed by atoms with Crippen molar-refractivity contribution in [3.8, 4) is 0 Å². The van der Waals surface area contributed by atoms with Gasteiger partial charge in [0.05, 0.1) is 10.5 Å². The lowest BCUT2D eigenvalue weighted by Crippen LogP contribution is -2.73. The van der Waals surface area contributed by atoms with Gasteiger partial charge in [0, 0.05) is 17.7 Å². The highest BCUT2D eigenvalue weighted by Gasteiger charge is 2.93. The summed E-state index contributed by atoms with van der Waals surface area (Å²) in [5.41, 5.74) is -1.06. The molecule has 0 bridgehead atoms. The van der Waals surface area contributed by atoms with E-state index in [-0.39, 0.29) is 5.92 Å². The molecule has 0 N–H and O–H groups in total. The van der Waals surface area contributed by atoms with Crippen LogP contribution in [0, 0.1) is 16.0 Å². The van der Waals surface area contributed by atoms with Crippen LogP contribution in [0.15, 0.2) is 48.5 Å². The van der Waals surface area contributed by atoms with Crippen LogP contribution < -0.4 is 0 Å². The number of ether oxygens (including phenoxy) is 2. The number of nitrogens with zero attached hydrogens (tertiary/aromatic N) is 1. The van der Waals surface area contributed by atoms with Gasteiger partial charge < -0.3 is 9.47 Å². The summed E-state index contributed by atoms with van der Waals surface area (Å²) in [6.07, 6.45) is -9.94. The number of carbonyl (C=O) groups is 2. The SMILES string of the molecule is CC(C)Cc1ccc(C(OC(=O)c2ccc([N+](=O)[O-])cc2)C(=O)OCC(F)(F)C(F)(F)C(F)(F)C(F)(F)C(F)(F)C(F)(F)C(F)(F)F)cc1. The van der Waals surface area contributed by atoms with Crippen molar-refractivity contribution in [3.63, 3.8) is 0 Å². The lowest BCUT2D eigenvalue weighted by Gasteiger charge is -2.41. The third-order valence-electron chi connectivity index (χ3n) is 6.47. The van der Waals surface area contributed by atoms with Gasteiger partial charge in [-0.15, -0.1) is 0 Å². The van der Waals surface area contributed by atoms with E-state index in [1.54, 1.807) is 13.8 Å². The Morgan fingerprint density at radius 3 is 1.57 bits per heavy atom. The molecule has 0 aliphatic rings. The second-order valence-corrected chi connectivity index (χ2v) is 10.6. The lowest BCUT2D eigenvalue weighted by atomic mass is 9.91. The first-order valence-electron chi connectivity index (χ1n) is 13.0. The average molecular weight is 739 g/mol. The second-order valence-electron chi connectivity index (χ2n) is 10.6. The van der Waals surface area contributed by atoms with Crippen molar-refractivity contribution >= 4 is 17.6 Å². The molecule has 1 unspecified atom stereocenters. The number of nitro benzene ring substituents is 1. The Morgan fingerprint density at radius 2 is 1.14 bits per heavy atom. The molecule has 274 valence electrons. The van der Waals surface area contributed by atoms with Gasteiger partial charge >= 0.3 is 53.7 Å². The molecular weight excluding hydrogens is 719 g/mol. The van der Waals surface area contributed by atoms with E-state index in [4.69, 9.17) is 4.74 Å². The number of alkyl halides is 15. The predicted octanol–water partition coefficient (Wildman–Crippen LogP) is 8.61. The number of benzene rings is 2. The summed E-state index contributed by atoms with van der Waals surface area (Å²) in [4.78, 5) is 35.2. The van der Waals surface area contributed by atoms with Crippen molar-refractivity contribution in [2.75, 3.05) is 6.61 Å². The fraction of sp³-hybridized carbons (Fsp3) is 0.481. The fourth-order valence-corrected chi connectivity index (χ4v) is 3.77. The van der Waals surface area contributed by atoms with E-state index in [1.165, 1.54) is 12.1 Å². The van der Waals surface area contributed by atoms with Gasteiger partial charge in [0.25, 0.3) is 5.69 Å². The predicted molar refractivity (Wildman–Crippen MR) is 133 cm³/mol. The van der Waals surface area contributed by atoms with Crippen LogP contribution >= 0.6 is 0 Å². The largest absolute Gasteiger partial charge is 0.460 e. The van der Waals surface area contributed by atoms with Gasteiger partial charge in [0.2, 0.25) is 6.10 Å². The van der Waals surface area contributed by atoms with Gasteiger partial charge in [-0.05, 0) is 30.0 Å². The van der Waals surface area contributed by atoms with E-state index < -0.39 is 88.1 Å². The summed E-state index contributed by atoms with van der Waals surface area (Å²) >= 11 is 0. The van der Waals surface area contributed by atoms with Gasteiger partial charge in [-0.2, -0.15) is 65.9 Å². The van der Waals surface area contributed by atoms with Gasteiger partial charge in [-0.1, -0.05) is 38.1 Å². The minimum atomic E-state index is -8.53. The van der Waals surface area contributed by atoms with Crippen molar-refractivity contribution in [1.82, 2.24) is 0 Å². The maximum Gasteiger partial charge on any atom is 0.460 e. The molecule has 0 radical (unpaired) electrons. The first-order chi connectivity index (χ1) is 22.0. The summed E-state index contributed by atoms with van der Waals surface area (Å²) in [7, 11) is 0. The van der Waals surface area contributed by atoms with E-state index in [2.05, 4.69) is 4.74 Å². The Balaban J connectivity index is 2.45. The van der Waals surface area contributed by atoms with Crippen LogP contribution in [0.3, 0.4) is 0 Å². The van der Waals surface area contributed by atoms with Gasteiger partial charge in [0.15, 0.2) is 6.61 Å². The van der Waals surface area contributed by atoms with Crippen LogP contribution in [0.4, 0.5) is 71.5 Å². The van der Waals surface area contributed by atoms with E-state index in [9.17, 15) is 85.6 Å². The van der Waals surface area contributed by atoms with Crippen LogP contribution in [0.5, 0.6) is 0 Å². The normalized spacial score (nSPS) is 14.4. The van der Waals surface area contributed by atoms with Crippen molar-refractivity contribution in [2.24, 2.45) is 5.92 Å². The topological polar surface area (TPSA) is 95.7 Å². The molecule has 0 saturated heterocycles. The molecule has 0 aliphatic carbocycles. The average Bonchev–Trinajstić information content (AvgIpc) is 2.97.